The predicted molar refractivity (Wildman–Crippen MR) is 101 cm³/mol. The minimum Gasteiger partial charge on any atom is -0.497 e. The zero-order valence-electron chi connectivity index (χ0n) is 14.0. The molecule has 0 radical (unpaired) electrons. The second-order valence-electron chi connectivity index (χ2n) is 5.44. The SMILES string of the molecule is COc1ccc(-c2nc(NC(=O)c3csc(C)c3C)sc2C)cc1. The van der Waals surface area contributed by atoms with E-state index in [1.54, 1.807) is 18.4 Å². The Morgan fingerprint density at radius 3 is 2.42 bits per heavy atom. The van der Waals surface area contributed by atoms with Crippen molar-refractivity contribution in [1.29, 1.82) is 0 Å². The Balaban J connectivity index is 1.83. The highest BCUT2D eigenvalue weighted by Crippen LogP contribution is 2.32. The number of benzene rings is 1. The molecule has 0 bridgehead atoms. The standard InChI is InChI=1S/C18H18N2O2S2/c1-10-11(2)23-9-15(10)17(21)20-18-19-16(12(3)24-18)13-5-7-14(22-4)8-6-13/h5-9H,1-4H3,(H,19,20,21). The molecule has 1 N–H and O–H groups in total. The van der Waals surface area contributed by atoms with Crippen LogP contribution in [0.3, 0.4) is 0 Å². The van der Waals surface area contributed by atoms with Crippen LogP contribution in [0.5, 0.6) is 5.75 Å². The smallest absolute Gasteiger partial charge is 0.258 e. The number of carbonyl (C=O) groups excluding carboxylic acids is 1. The molecule has 1 amide bonds. The van der Waals surface area contributed by atoms with Gasteiger partial charge in [0.2, 0.25) is 0 Å². The molecule has 0 aliphatic carbocycles. The number of hydrogen-bond donors (Lipinski definition) is 1. The summed E-state index contributed by atoms with van der Waals surface area (Å²) in [4.78, 5) is 19.2. The van der Waals surface area contributed by atoms with E-state index in [0.29, 0.717) is 5.13 Å². The first-order valence-electron chi connectivity index (χ1n) is 7.47. The fourth-order valence-electron chi connectivity index (χ4n) is 2.37. The second-order valence-corrected chi connectivity index (χ2v) is 7.72. The number of aromatic nitrogens is 1. The molecular formula is C18H18N2O2S2. The first kappa shape index (κ1) is 16.7. The van der Waals surface area contributed by atoms with Gasteiger partial charge in [0, 0.05) is 20.7 Å². The summed E-state index contributed by atoms with van der Waals surface area (Å²) in [6.45, 7) is 6.00. The van der Waals surface area contributed by atoms with Crippen LogP contribution in [0.4, 0.5) is 5.13 Å². The number of hydrogen-bond acceptors (Lipinski definition) is 5. The zero-order chi connectivity index (χ0) is 17.3. The third-order valence-corrected chi connectivity index (χ3v) is 5.81. The van der Waals surface area contributed by atoms with Crippen LogP contribution < -0.4 is 10.1 Å². The molecule has 0 saturated carbocycles. The number of carbonyl (C=O) groups is 1. The number of ether oxygens (including phenoxy) is 1. The van der Waals surface area contributed by atoms with Gasteiger partial charge in [0.1, 0.15) is 5.75 Å². The van der Waals surface area contributed by atoms with Crippen LogP contribution in [0.15, 0.2) is 29.6 Å². The number of amides is 1. The van der Waals surface area contributed by atoms with Crippen LogP contribution in [-0.2, 0) is 0 Å². The molecule has 0 aliphatic heterocycles. The van der Waals surface area contributed by atoms with Crippen LogP contribution in [0.25, 0.3) is 11.3 Å². The normalized spacial score (nSPS) is 10.7. The molecule has 1 aromatic carbocycles. The highest BCUT2D eigenvalue weighted by molar-refractivity contribution is 7.16. The van der Waals surface area contributed by atoms with Crippen molar-refractivity contribution < 1.29 is 9.53 Å². The maximum absolute atomic E-state index is 12.4. The van der Waals surface area contributed by atoms with Crippen LogP contribution in [0, 0.1) is 20.8 Å². The van der Waals surface area contributed by atoms with E-state index in [2.05, 4.69) is 10.3 Å². The Hall–Kier alpha value is -2.18. The van der Waals surface area contributed by atoms with E-state index in [1.807, 2.05) is 50.4 Å². The van der Waals surface area contributed by atoms with Crippen molar-refractivity contribution in [2.75, 3.05) is 12.4 Å². The van der Waals surface area contributed by atoms with E-state index in [1.165, 1.54) is 11.3 Å². The van der Waals surface area contributed by atoms with E-state index in [-0.39, 0.29) is 5.91 Å². The summed E-state index contributed by atoms with van der Waals surface area (Å²) in [5.74, 6) is 0.704. The van der Waals surface area contributed by atoms with E-state index in [0.717, 1.165) is 37.9 Å². The molecule has 0 spiro atoms. The monoisotopic (exact) mass is 358 g/mol. The van der Waals surface area contributed by atoms with E-state index in [4.69, 9.17) is 4.74 Å². The number of nitrogens with zero attached hydrogens (tertiary/aromatic N) is 1. The molecular weight excluding hydrogens is 340 g/mol. The first-order chi connectivity index (χ1) is 11.5. The highest BCUT2D eigenvalue weighted by Gasteiger charge is 2.16. The molecule has 0 fully saturated rings. The van der Waals surface area contributed by atoms with E-state index < -0.39 is 0 Å². The average Bonchev–Trinajstić information content (AvgIpc) is 3.10. The van der Waals surface area contributed by atoms with Gasteiger partial charge in [0.25, 0.3) is 5.91 Å². The lowest BCUT2D eigenvalue weighted by atomic mass is 10.1. The molecule has 0 unspecified atom stereocenters. The number of aryl methyl sites for hydroxylation is 2. The van der Waals surface area contributed by atoms with Crippen molar-refractivity contribution >= 4 is 33.7 Å². The molecule has 2 aromatic heterocycles. The summed E-state index contributed by atoms with van der Waals surface area (Å²) >= 11 is 3.07. The largest absolute Gasteiger partial charge is 0.497 e. The van der Waals surface area contributed by atoms with Crippen LogP contribution in [-0.4, -0.2) is 18.0 Å². The van der Waals surface area contributed by atoms with Crippen LogP contribution >= 0.6 is 22.7 Å². The Kier molecular flexibility index (Phi) is 4.69. The predicted octanol–water partition coefficient (Wildman–Crippen LogP) is 5.06. The van der Waals surface area contributed by atoms with Gasteiger partial charge in [0.05, 0.1) is 18.4 Å². The summed E-state index contributed by atoms with van der Waals surface area (Å²) in [7, 11) is 1.64. The second kappa shape index (κ2) is 6.75. The van der Waals surface area contributed by atoms with Gasteiger partial charge in [-0.15, -0.1) is 22.7 Å². The third-order valence-electron chi connectivity index (χ3n) is 3.91. The maximum Gasteiger partial charge on any atom is 0.258 e. The molecule has 3 aromatic rings. The van der Waals surface area contributed by atoms with Gasteiger partial charge in [-0.25, -0.2) is 4.98 Å². The fourth-order valence-corrected chi connectivity index (χ4v) is 4.06. The number of thiazole rings is 1. The number of rotatable bonds is 4. The van der Waals surface area contributed by atoms with Crippen molar-refractivity contribution in [3.63, 3.8) is 0 Å². The van der Waals surface area contributed by atoms with Crippen molar-refractivity contribution in [3.8, 4) is 17.0 Å². The van der Waals surface area contributed by atoms with E-state index >= 15 is 0 Å². The van der Waals surface area contributed by atoms with Crippen molar-refractivity contribution in [2.24, 2.45) is 0 Å². The Morgan fingerprint density at radius 2 is 1.83 bits per heavy atom. The van der Waals surface area contributed by atoms with Crippen molar-refractivity contribution in [2.45, 2.75) is 20.8 Å². The lowest BCUT2D eigenvalue weighted by Crippen LogP contribution is -2.12. The number of thiophene rings is 1. The van der Waals surface area contributed by atoms with E-state index in [9.17, 15) is 4.79 Å². The quantitative estimate of drug-likeness (QED) is 0.709. The van der Waals surface area contributed by atoms with Crippen LogP contribution in [0.2, 0.25) is 0 Å². The molecule has 4 nitrogen and oxygen atoms in total. The molecule has 0 saturated heterocycles. The molecule has 6 heteroatoms. The van der Waals surface area contributed by atoms with Crippen LogP contribution in [0.1, 0.15) is 25.7 Å². The molecule has 24 heavy (non-hydrogen) atoms. The van der Waals surface area contributed by atoms with Gasteiger partial charge in [-0.3, -0.25) is 10.1 Å². The van der Waals surface area contributed by atoms with Gasteiger partial charge in [-0.1, -0.05) is 0 Å². The minimum absolute atomic E-state index is 0.105. The summed E-state index contributed by atoms with van der Waals surface area (Å²) in [6, 6.07) is 7.76. The first-order valence-corrected chi connectivity index (χ1v) is 9.17. The molecule has 2 heterocycles. The number of nitrogens with one attached hydrogen (secondary N) is 1. The van der Waals surface area contributed by atoms with Crippen molar-refractivity contribution in [1.82, 2.24) is 4.98 Å². The highest BCUT2D eigenvalue weighted by atomic mass is 32.1. The maximum atomic E-state index is 12.4. The topological polar surface area (TPSA) is 51.2 Å². The number of methoxy groups -OCH3 is 1. The summed E-state index contributed by atoms with van der Waals surface area (Å²) < 4.78 is 5.18. The molecule has 124 valence electrons. The lowest BCUT2D eigenvalue weighted by Gasteiger charge is -2.02. The zero-order valence-corrected chi connectivity index (χ0v) is 15.6. The molecule has 3 rings (SSSR count). The van der Waals surface area contributed by atoms with Crippen molar-refractivity contribution in [3.05, 3.63) is 50.5 Å². The third kappa shape index (κ3) is 3.20. The Morgan fingerprint density at radius 1 is 1.12 bits per heavy atom. The van der Waals surface area contributed by atoms with Gasteiger partial charge >= 0.3 is 0 Å². The van der Waals surface area contributed by atoms with Gasteiger partial charge < -0.3 is 4.74 Å². The van der Waals surface area contributed by atoms with Gasteiger partial charge in [-0.05, 0) is 50.6 Å². The summed E-state index contributed by atoms with van der Waals surface area (Å²) in [5.41, 5.74) is 3.64. The van der Waals surface area contributed by atoms with Gasteiger partial charge in [-0.2, -0.15) is 0 Å². The summed E-state index contributed by atoms with van der Waals surface area (Å²) in [6.07, 6.45) is 0. The average molecular weight is 358 g/mol. The number of anilines is 1. The molecule has 0 atom stereocenters. The van der Waals surface area contributed by atoms with Gasteiger partial charge in [0.15, 0.2) is 5.13 Å². The lowest BCUT2D eigenvalue weighted by molar-refractivity contribution is 0.102. The Labute approximate surface area is 149 Å². The minimum atomic E-state index is -0.105. The Bertz CT molecular complexity index is 879. The molecule has 0 aliphatic rings. The summed E-state index contributed by atoms with van der Waals surface area (Å²) in [5, 5.41) is 5.43. The fraction of sp³-hybridized carbons (Fsp3) is 0.222.